The van der Waals surface area contributed by atoms with Crippen molar-refractivity contribution in [3.8, 4) is 0 Å². The molecule has 0 saturated heterocycles. The maximum Gasteiger partial charge on any atom is 0.0391 e. The van der Waals surface area contributed by atoms with Crippen LogP contribution in [0.2, 0.25) is 0 Å². The number of nitrogens with one attached hydrogen (secondary N) is 1. The van der Waals surface area contributed by atoms with Gasteiger partial charge in [-0.15, -0.1) is 12.4 Å². The van der Waals surface area contributed by atoms with Crippen LogP contribution in [0.4, 0.5) is 0 Å². The van der Waals surface area contributed by atoms with Crippen molar-refractivity contribution in [2.45, 2.75) is 19.9 Å². The van der Waals surface area contributed by atoms with Crippen LogP contribution in [-0.2, 0) is 0 Å². The monoisotopic (exact) mass is 112 g/mol. The van der Waals surface area contributed by atoms with Gasteiger partial charge in [0.2, 0.25) is 0 Å². The van der Waals surface area contributed by atoms with E-state index in [1.165, 1.54) is 0 Å². The van der Waals surface area contributed by atoms with E-state index < -0.39 is 6.98 Å². The van der Waals surface area contributed by atoms with Crippen molar-refractivity contribution in [3.63, 3.8) is 0 Å². The highest BCUT2D eigenvalue weighted by Gasteiger charge is 1.76. The highest BCUT2D eigenvalue weighted by Crippen LogP contribution is 1.66. The Balaban J connectivity index is 0. The molecule has 1 nitrogen and oxygen atoms in total. The van der Waals surface area contributed by atoms with Gasteiger partial charge in [0, 0.05) is 10.2 Å². The minimum Gasteiger partial charge on any atom is -0.318 e. The molecule has 1 N–H and O–H groups in total. The lowest BCUT2D eigenvalue weighted by molar-refractivity contribution is 0.668. The summed E-state index contributed by atoms with van der Waals surface area (Å²) >= 11 is 0. The summed E-state index contributed by atoms with van der Waals surface area (Å²) in [5.41, 5.74) is 0. The molecule has 0 spiro atoms. The Hall–Kier alpha value is 0.250. The summed E-state index contributed by atoms with van der Waals surface area (Å²) in [5.74, 6) is 0. The van der Waals surface area contributed by atoms with Gasteiger partial charge in [0.05, 0.1) is 0 Å². The molecular weight excluding hydrogens is 97.5 g/mol. The molecule has 40 valence electrons. The van der Waals surface area contributed by atoms with Crippen molar-refractivity contribution in [2.24, 2.45) is 0 Å². The maximum absolute atomic E-state index is 6.68. The predicted octanol–water partition coefficient (Wildman–Crippen LogP) is 1.04. The van der Waals surface area contributed by atoms with Gasteiger partial charge in [-0.25, -0.2) is 0 Å². The molecular formula is C4H12ClN. The van der Waals surface area contributed by atoms with E-state index >= 15 is 0 Å². The Morgan fingerprint density at radius 3 is 2.17 bits per heavy atom. The quantitative estimate of drug-likeness (QED) is 0.535. The lowest BCUT2D eigenvalue weighted by Crippen LogP contribution is -2.15. The van der Waals surface area contributed by atoms with Gasteiger partial charge >= 0.3 is 0 Å². The van der Waals surface area contributed by atoms with E-state index in [1.54, 1.807) is 13.8 Å². The first kappa shape index (κ1) is 3.28. The third-order valence-electron chi connectivity index (χ3n) is 0.289. The van der Waals surface area contributed by atoms with E-state index in [-0.39, 0.29) is 18.4 Å². The fraction of sp³-hybridized carbons (Fsp3) is 1.00. The normalized spacial score (nSPS) is 17.5. The lowest BCUT2D eigenvalue weighted by atomic mass is 10.4. The molecule has 0 atom stereocenters. The van der Waals surface area contributed by atoms with Gasteiger partial charge in [-0.2, -0.15) is 0 Å². The fourth-order valence-electron chi connectivity index (χ4n) is 0. The first-order chi connectivity index (χ1) is 3.42. The van der Waals surface area contributed by atoms with Crippen LogP contribution < -0.4 is 5.32 Å². The third-order valence-corrected chi connectivity index (χ3v) is 0.289. The summed E-state index contributed by atoms with van der Waals surface area (Å²) in [7, 11) is 0. The zero-order valence-electron chi connectivity index (χ0n) is 6.99. The zero-order valence-corrected chi connectivity index (χ0v) is 4.80. The number of rotatable bonds is 1. The van der Waals surface area contributed by atoms with E-state index in [0.717, 1.165) is 0 Å². The topological polar surface area (TPSA) is 12.0 Å². The zero-order chi connectivity index (χ0) is 6.78. The molecule has 0 radical (unpaired) electrons. The highest BCUT2D eigenvalue weighted by atomic mass is 35.5. The Bertz CT molecular complexity index is 70.7. The fourth-order valence-corrected chi connectivity index (χ4v) is 0. The first-order valence-electron chi connectivity index (χ1n) is 3.19. The third kappa shape index (κ3) is 8.87. The molecule has 0 rings (SSSR count). The largest absolute Gasteiger partial charge is 0.318 e. The van der Waals surface area contributed by atoms with Gasteiger partial charge in [-0.3, -0.25) is 0 Å². The molecule has 6 heavy (non-hydrogen) atoms. The van der Waals surface area contributed by atoms with Gasteiger partial charge < -0.3 is 5.32 Å². The second kappa shape index (κ2) is 5.25. The summed E-state index contributed by atoms with van der Waals surface area (Å²) in [6.45, 7) is 1.62. The van der Waals surface area contributed by atoms with Gasteiger partial charge in [-0.1, -0.05) is 13.8 Å². The molecule has 0 fully saturated rings. The predicted molar refractivity (Wildman–Crippen MR) is 31.4 cm³/mol. The smallest absolute Gasteiger partial charge is 0.0391 e. The molecule has 0 amide bonds. The van der Waals surface area contributed by atoms with Gasteiger partial charge in [0.1, 0.15) is 0 Å². The van der Waals surface area contributed by atoms with Gasteiger partial charge in [-0.05, 0) is 6.98 Å². The van der Waals surface area contributed by atoms with Crippen molar-refractivity contribution in [3.05, 3.63) is 0 Å². The van der Waals surface area contributed by atoms with E-state index in [2.05, 4.69) is 5.32 Å². The van der Waals surface area contributed by atoms with Crippen molar-refractivity contribution in [2.75, 3.05) is 6.98 Å². The summed E-state index contributed by atoms with van der Waals surface area (Å²) in [4.78, 5) is 0. The van der Waals surface area contributed by atoms with Crippen LogP contribution in [0.5, 0.6) is 0 Å². The minimum atomic E-state index is -1.98. The molecule has 0 aromatic heterocycles. The van der Waals surface area contributed by atoms with Crippen LogP contribution >= 0.6 is 12.4 Å². The summed E-state index contributed by atoms with van der Waals surface area (Å²) < 4.78 is 20.1. The molecule has 2 heteroatoms. The number of hydrogen-bond donors (Lipinski definition) is 1. The van der Waals surface area contributed by atoms with Crippen molar-refractivity contribution < 1.29 is 4.11 Å². The number of hydrogen-bond acceptors (Lipinski definition) is 1. The Morgan fingerprint density at radius 2 is 2.17 bits per heavy atom. The Kier molecular flexibility index (Phi) is 2.87. The van der Waals surface area contributed by atoms with Crippen LogP contribution in [-0.4, -0.2) is 13.0 Å². The summed E-state index contributed by atoms with van der Waals surface area (Å²) in [6.07, 6.45) is 0. The average molecular weight is 113 g/mol. The van der Waals surface area contributed by atoms with Crippen molar-refractivity contribution in [1.82, 2.24) is 5.32 Å². The molecule has 0 aliphatic rings. The number of halogens is 1. The molecule has 0 aliphatic carbocycles. The Labute approximate surface area is 49.8 Å². The van der Waals surface area contributed by atoms with E-state index in [4.69, 9.17) is 4.11 Å². The van der Waals surface area contributed by atoms with Crippen LogP contribution in [0.25, 0.3) is 0 Å². The summed E-state index contributed by atoms with van der Waals surface area (Å²) in [5, 5.41) is 2.38. The van der Waals surface area contributed by atoms with Crippen LogP contribution in [0.15, 0.2) is 0 Å². The molecule has 0 saturated carbocycles. The molecule has 0 aromatic carbocycles. The molecule has 0 aliphatic heterocycles. The van der Waals surface area contributed by atoms with Crippen LogP contribution in [0.1, 0.15) is 18.0 Å². The molecule has 0 heterocycles. The van der Waals surface area contributed by atoms with E-state index in [0.29, 0.717) is 0 Å². The summed E-state index contributed by atoms with van der Waals surface area (Å²) in [6, 6.07) is 0.0301. The van der Waals surface area contributed by atoms with E-state index in [1.807, 2.05) is 0 Å². The lowest BCUT2D eigenvalue weighted by Gasteiger charge is -1.95. The molecule has 0 aromatic rings. The van der Waals surface area contributed by atoms with Crippen molar-refractivity contribution in [1.29, 1.82) is 0 Å². The van der Waals surface area contributed by atoms with Crippen LogP contribution in [0.3, 0.4) is 0 Å². The molecule has 0 unspecified atom stereocenters. The highest BCUT2D eigenvalue weighted by molar-refractivity contribution is 5.85. The van der Waals surface area contributed by atoms with Gasteiger partial charge in [0.25, 0.3) is 0 Å². The van der Waals surface area contributed by atoms with Gasteiger partial charge in [0.15, 0.2) is 0 Å². The van der Waals surface area contributed by atoms with E-state index in [9.17, 15) is 0 Å². The minimum absolute atomic E-state index is 0. The second-order valence-electron chi connectivity index (χ2n) is 1.30. The van der Waals surface area contributed by atoms with Crippen LogP contribution in [0, 0.1) is 0 Å². The van der Waals surface area contributed by atoms with Crippen molar-refractivity contribution >= 4 is 12.4 Å². The maximum atomic E-state index is 6.68. The standard InChI is InChI=1S/C4H11N.ClH/c1-4(2)5-3;/h4-5H,1-3H3;1H/i3D3;. The molecule has 0 bridgehead atoms. The first-order valence-corrected chi connectivity index (χ1v) is 1.69. The second-order valence-corrected chi connectivity index (χ2v) is 1.30. The SMILES string of the molecule is Cl.[2H]C([2H])([2H])NC(C)C. The Morgan fingerprint density at radius 1 is 1.67 bits per heavy atom. The average Bonchev–Trinajstić information content (AvgIpc) is 1.21.